The van der Waals surface area contributed by atoms with Gasteiger partial charge in [-0.1, -0.05) is 44.2 Å². The van der Waals surface area contributed by atoms with Gasteiger partial charge < -0.3 is 5.32 Å². The summed E-state index contributed by atoms with van der Waals surface area (Å²) >= 11 is 0. The average molecular weight is 245 g/mol. The molecule has 1 atom stereocenters. The normalized spacial score (nSPS) is 18.6. The van der Waals surface area contributed by atoms with E-state index in [1.165, 1.54) is 44.2 Å². The highest BCUT2D eigenvalue weighted by molar-refractivity contribution is 5.14. The number of aryl methyl sites for hydroxylation is 1. The Morgan fingerprint density at radius 3 is 2.56 bits per heavy atom. The Morgan fingerprint density at radius 1 is 1.22 bits per heavy atom. The Morgan fingerprint density at radius 2 is 1.94 bits per heavy atom. The van der Waals surface area contributed by atoms with Gasteiger partial charge in [0.15, 0.2) is 0 Å². The predicted molar refractivity (Wildman–Crippen MR) is 78.8 cm³/mol. The summed E-state index contributed by atoms with van der Waals surface area (Å²) in [5.41, 5.74) is 2.02. The first-order chi connectivity index (χ1) is 8.74. The summed E-state index contributed by atoms with van der Waals surface area (Å²) < 4.78 is 0. The lowest BCUT2D eigenvalue weighted by atomic mass is 9.79. The minimum atomic E-state index is 0.533. The molecule has 0 radical (unpaired) electrons. The molecular weight excluding hydrogens is 218 g/mol. The van der Waals surface area contributed by atoms with Crippen molar-refractivity contribution in [1.29, 1.82) is 0 Å². The molecule has 0 spiro atoms. The summed E-state index contributed by atoms with van der Waals surface area (Å²) in [7, 11) is 0. The molecule has 0 aromatic heterocycles. The van der Waals surface area contributed by atoms with Crippen LogP contribution in [0.1, 0.15) is 45.1 Å². The van der Waals surface area contributed by atoms with Gasteiger partial charge in [-0.25, -0.2) is 0 Å². The lowest BCUT2D eigenvalue weighted by Gasteiger charge is -2.30. The summed E-state index contributed by atoms with van der Waals surface area (Å²) in [5.74, 6) is 0.979. The highest BCUT2D eigenvalue weighted by Crippen LogP contribution is 2.47. The fraction of sp³-hybridized carbons (Fsp3) is 0.647. The van der Waals surface area contributed by atoms with Crippen LogP contribution in [0.2, 0.25) is 0 Å². The third-order valence-electron chi connectivity index (χ3n) is 4.40. The van der Waals surface area contributed by atoms with Crippen LogP contribution in [0.5, 0.6) is 0 Å². The summed E-state index contributed by atoms with van der Waals surface area (Å²) in [5, 5.41) is 3.56. The van der Waals surface area contributed by atoms with E-state index in [0.29, 0.717) is 5.41 Å². The predicted octanol–water partition coefficient (Wildman–Crippen LogP) is 4.04. The van der Waals surface area contributed by atoms with Crippen molar-refractivity contribution in [3.8, 4) is 0 Å². The van der Waals surface area contributed by atoms with Gasteiger partial charge in [0.25, 0.3) is 0 Å². The van der Waals surface area contributed by atoms with Crippen LogP contribution in [0.4, 0.5) is 0 Å². The average Bonchev–Trinajstić information content (AvgIpc) is 3.22. The number of rotatable bonds is 8. The fourth-order valence-electron chi connectivity index (χ4n) is 2.97. The van der Waals surface area contributed by atoms with E-state index in [2.05, 4.69) is 49.5 Å². The van der Waals surface area contributed by atoms with Crippen molar-refractivity contribution in [3.63, 3.8) is 0 Å². The first-order valence-electron chi connectivity index (χ1n) is 7.49. The molecule has 1 aliphatic carbocycles. The number of nitrogens with one attached hydrogen (secondary N) is 1. The molecule has 1 aromatic carbocycles. The van der Waals surface area contributed by atoms with Gasteiger partial charge in [-0.05, 0) is 55.5 Å². The van der Waals surface area contributed by atoms with Crippen LogP contribution in [0, 0.1) is 11.3 Å². The van der Waals surface area contributed by atoms with Gasteiger partial charge in [0, 0.05) is 6.54 Å². The summed E-state index contributed by atoms with van der Waals surface area (Å²) in [6, 6.07) is 10.9. The van der Waals surface area contributed by atoms with Crippen LogP contribution < -0.4 is 5.32 Å². The van der Waals surface area contributed by atoms with Gasteiger partial charge in [-0.3, -0.25) is 0 Å². The quantitative estimate of drug-likeness (QED) is 0.729. The SMILES string of the molecule is CCNCC(C)(CCCc1ccccc1)C1CC1. The molecule has 0 aliphatic heterocycles. The van der Waals surface area contributed by atoms with Crippen LogP contribution in [0.25, 0.3) is 0 Å². The molecule has 1 nitrogen and oxygen atoms in total. The van der Waals surface area contributed by atoms with Crippen molar-refractivity contribution in [2.75, 3.05) is 13.1 Å². The van der Waals surface area contributed by atoms with E-state index in [-0.39, 0.29) is 0 Å². The van der Waals surface area contributed by atoms with Crippen molar-refractivity contribution >= 4 is 0 Å². The molecule has 0 heterocycles. The summed E-state index contributed by atoms with van der Waals surface area (Å²) in [4.78, 5) is 0. The van der Waals surface area contributed by atoms with Crippen LogP contribution in [-0.4, -0.2) is 13.1 Å². The first kappa shape index (κ1) is 13.6. The molecule has 1 saturated carbocycles. The van der Waals surface area contributed by atoms with Crippen LogP contribution in [-0.2, 0) is 6.42 Å². The molecule has 0 bridgehead atoms. The zero-order valence-electron chi connectivity index (χ0n) is 11.9. The zero-order chi connectivity index (χ0) is 12.8. The summed E-state index contributed by atoms with van der Waals surface area (Å²) in [6.07, 6.45) is 6.82. The molecule has 1 fully saturated rings. The lowest BCUT2D eigenvalue weighted by molar-refractivity contribution is 0.233. The monoisotopic (exact) mass is 245 g/mol. The number of hydrogen-bond donors (Lipinski definition) is 1. The first-order valence-corrected chi connectivity index (χ1v) is 7.49. The summed E-state index contributed by atoms with van der Waals surface area (Å²) in [6.45, 7) is 6.99. The lowest BCUT2D eigenvalue weighted by Crippen LogP contribution is -2.33. The maximum absolute atomic E-state index is 3.56. The minimum Gasteiger partial charge on any atom is -0.316 e. The van der Waals surface area contributed by atoms with E-state index >= 15 is 0 Å². The van der Waals surface area contributed by atoms with Crippen LogP contribution >= 0.6 is 0 Å². The van der Waals surface area contributed by atoms with Crippen molar-refractivity contribution in [1.82, 2.24) is 5.32 Å². The van der Waals surface area contributed by atoms with Crippen molar-refractivity contribution in [2.24, 2.45) is 11.3 Å². The molecule has 1 heteroatoms. The van der Waals surface area contributed by atoms with Crippen molar-refractivity contribution in [3.05, 3.63) is 35.9 Å². The zero-order valence-corrected chi connectivity index (χ0v) is 11.9. The Labute approximate surface area is 112 Å². The van der Waals surface area contributed by atoms with Crippen molar-refractivity contribution in [2.45, 2.75) is 46.0 Å². The molecule has 100 valence electrons. The Balaban J connectivity index is 1.79. The Hall–Kier alpha value is -0.820. The highest BCUT2D eigenvalue weighted by Gasteiger charge is 2.40. The van der Waals surface area contributed by atoms with E-state index in [4.69, 9.17) is 0 Å². The van der Waals surface area contributed by atoms with Crippen LogP contribution in [0.3, 0.4) is 0 Å². The molecule has 18 heavy (non-hydrogen) atoms. The second kappa shape index (κ2) is 6.38. The highest BCUT2D eigenvalue weighted by atomic mass is 14.9. The van der Waals surface area contributed by atoms with Gasteiger partial charge >= 0.3 is 0 Å². The van der Waals surface area contributed by atoms with Gasteiger partial charge in [-0.2, -0.15) is 0 Å². The van der Waals surface area contributed by atoms with Crippen molar-refractivity contribution < 1.29 is 0 Å². The maximum Gasteiger partial charge on any atom is 0.000770 e. The number of benzene rings is 1. The molecular formula is C17H27N. The van der Waals surface area contributed by atoms with E-state index in [0.717, 1.165) is 12.5 Å². The standard InChI is InChI=1S/C17H27N/c1-3-18-14-17(2,16-11-12-16)13-7-10-15-8-5-4-6-9-15/h4-6,8-9,16,18H,3,7,10-14H2,1-2H3. The van der Waals surface area contributed by atoms with E-state index in [1.807, 2.05) is 0 Å². The third kappa shape index (κ3) is 3.84. The Kier molecular flexibility index (Phi) is 4.82. The van der Waals surface area contributed by atoms with E-state index in [9.17, 15) is 0 Å². The van der Waals surface area contributed by atoms with E-state index in [1.54, 1.807) is 0 Å². The number of hydrogen-bond acceptors (Lipinski definition) is 1. The van der Waals surface area contributed by atoms with E-state index < -0.39 is 0 Å². The molecule has 1 unspecified atom stereocenters. The molecule has 1 aromatic rings. The minimum absolute atomic E-state index is 0.533. The largest absolute Gasteiger partial charge is 0.316 e. The fourth-order valence-corrected chi connectivity index (χ4v) is 2.97. The van der Waals surface area contributed by atoms with Crippen LogP contribution in [0.15, 0.2) is 30.3 Å². The van der Waals surface area contributed by atoms with Gasteiger partial charge in [0.2, 0.25) is 0 Å². The molecule has 2 rings (SSSR count). The molecule has 1 aliphatic rings. The Bertz CT molecular complexity index is 342. The maximum atomic E-state index is 3.56. The smallest absolute Gasteiger partial charge is 0.000770 e. The molecule has 1 N–H and O–H groups in total. The topological polar surface area (TPSA) is 12.0 Å². The molecule has 0 saturated heterocycles. The third-order valence-corrected chi connectivity index (χ3v) is 4.40. The second-order valence-corrected chi connectivity index (χ2v) is 6.05. The second-order valence-electron chi connectivity index (χ2n) is 6.05. The molecule has 0 amide bonds. The van der Waals surface area contributed by atoms with Gasteiger partial charge in [0.05, 0.1) is 0 Å². The van der Waals surface area contributed by atoms with Gasteiger partial charge in [0.1, 0.15) is 0 Å². The van der Waals surface area contributed by atoms with Gasteiger partial charge in [-0.15, -0.1) is 0 Å².